The molecule has 0 fully saturated rings. The molecule has 5 heteroatoms. The Morgan fingerprint density at radius 1 is 0.833 bits per heavy atom. The fourth-order valence-corrected chi connectivity index (χ4v) is 6.62. The van der Waals surface area contributed by atoms with E-state index < -0.39 is 7.27 Å². The summed E-state index contributed by atoms with van der Waals surface area (Å²) in [5.41, 5.74) is 4.05. The average molecular weight is 424 g/mol. The molecule has 1 heterocycles. The molecule has 0 spiro atoms. The van der Waals surface area contributed by atoms with E-state index in [1.54, 1.807) is 0 Å². The molecule has 1 aliphatic rings. The van der Waals surface area contributed by atoms with Crippen molar-refractivity contribution in [2.24, 2.45) is 0 Å². The van der Waals surface area contributed by atoms with E-state index in [0.29, 0.717) is 5.56 Å². The molecule has 3 nitrogen and oxygen atoms in total. The SMILES string of the molecule is N#Cc1ccc(C2=Cc3ccc4ccccc4c3NP2SOc2ccccc2)cc1. The molecule has 4 aromatic rings. The van der Waals surface area contributed by atoms with E-state index in [2.05, 4.69) is 53.6 Å². The highest BCUT2D eigenvalue weighted by Gasteiger charge is 2.26. The number of fused-ring (bicyclic) bond motifs is 3. The first kappa shape index (κ1) is 18.8. The molecule has 1 N–H and O–H groups in total. The summed E-state index contributed by atoms with van der Waals surface area (Å²) in [5.74, 6) is 0.828. The van der Waals surface area contributed by atoms with Gasteiger partial charge in [0.15, 0.2) is 0 Å². The predicted molar refractivity (Wildman–Crippen MR) is 128 cm³/mol. The lowest BCUT2D eigenvalue weighted by molar-refractivity contribution is 0.656. The van der Waals surface area contributed by atoms with Crippen molar-refractivity contribution in [1.82, 2.24) is 0 Å². The third kappa shape index (κ3) is 3.66. The normalized spacial score (nSPS) is 14.9. The fraction of sp³-hybridized carbons (Fsp3) is 0. The minimum atomic E-state index is -0.886. The monoisotopic (exact) mass is 424 g/mol. The van der Waals surface area contributed by atoms with E-state index in [0.717, 1.165) is 22.6 Å². The van der Waals surface area contributed by atoms with Crippen LogP contribution < -0.4 is 9.27 Å². The highest BCUT2D eigenvalue weighted by atomic mass is 32.7. The number of nitriles is 1. The molecule has 0 saturated carbocycles. The predicted octanol–water partition coefficient (Wildman–Crippen LogP) is 7.67. The second-order valence-corrected chi connectivity index (χ2v) is 10.00. The van der Waals surface area contributed by atoms with E-state index in [4.69, 9.17) is 9.44 Å². The summed E-state index contributed by atoms with van der Waals surface area (Å²) < 4.78 is 6.06. The van der Waals surface area contributed by atoms with Crippen molar-refractivity contribution in [3.8, 4) is 11.8 Å². The first-order valence-electron chi connectivity index (χ1n) is 9.52. The summed E-state index contributed by atoms with van der Waals surface area (Å²) in [6.07, 6.45) is 2.24. The van der Waals surface area contributed by atoms with Crippen LogP contribution in [-0.2, 0) is 0 Å². The van der Waals surface area contributed by atoms with Crippen LogP contribution in [0.2, 0.25) is 0 Å². The second-order valence-electron chi connectivity index (χ2n) is 6.85. The molecule has 4 aromatic carbocycles. The molecule has 0 aliphatic carbocycles. The number of rotatable bonds is 4. The van der Waals surface area contributed by atoms with E-state index in [-0.39, 0.29) is 0 Å². The number of nitrogens with zero attached hydrogens (tertiary/aromatic N) is 1. The minimum absolute atomic E-state index is 0.659. The topological polar surface area (TPSA) is 45.0 Å². The quantitative estimate of drug-likeness (QED) is 0.270. The van der Waals surface area contributed by atoms with Crippen LogP contribution in [0.25, 0.3) is 22.2 Å². The maximum absolute atomic E-state index is 9.13. The van der Waals surface area contributed by atoms with Crippen molar-refractivity contribution >= 4 is 46.8 Å². The summed E-state index contributed by atoms with van der Waals surface area (Å²) in [5, 5.41) is 16.5. The van der Waals surface area contributed by atoms with Gasteiger partial charge in [0.05, 0.1) is 17.3 Å². The van der Waals surface area contributed by atoms with Gasteiger partial charge in [-0.25, -0.2) is 0 Å². The largest absolute Gasteiger partial charge is 0.419 e. The first-order chi connectivity index (χ1) is 14.8. The number of para-hydroxylation sites is 1. The maximum Gasteiger partial charge on any atom is 0.137 e. The van der Waals surface area contributed by atoms with Crippen molar-refractivity contribution in [3.63, 3.8) is 0 Å². The van der Waals surface area contributed by atoms with E-state index in [1.807, 2.05) is 54.6 Å². The van der Waals surface area contributed by atoms with E-state index in [1.165, 1.54) is 27.7 Å². The number of benzene rings is 4. The summed E-state index contributed by atoms with van der Waals surface area (Å²) >= 11 is 1.46. The molecule has 144 valence electrons. The van der Waals surface area contributed by atoms with Crippen LogP contribution in [0.4, 0.5) is 5.69 Å². The van der Waals surface area contributed by atoms with Gasteiger partial charge >= 0.3 is 0 Å². The van der Waals surface area contributed by atoms with E-state index >= 15 is 0 Å². The van der Waals surface area contributed by atoms with Gasteiger partial charge in [-0.2, -0.15) is 5.26 Å². The van der Waals surface area contributed by atoms with Crippen molar-refractivity contribution in [1.29, 1.82) is 5.26 Å². The molecule has 0 saturated heterocycles. The highest BCUT2D eigenvalue weighted by Crippen LogP contribution is 2.64. The van der Waals surface area contributed by atoms with Crippen LogP contribution in [0.3, 0.4) is 0 Å². The second kappa shape index (κ2) is 8.24. The molecule has 1 unspecified atom stereocenters. The Balaban J connectivity index is 1.56. The summed E-state index contributed by atoms with van der Waals surface area (Å²) in [7, 11) is -0.886. The fourth-order valence-electron chi connectivity index (χ4n) is 3.43. The van der Waals surface area contributed by atoms with Gasteiger partial charge in [0.1, 0.15) is 24.7 Å². The third-order valence-electron chi connectivity index (χ3n) is 4.95. The number of anilines is 1. The standard InChI is InChI=1S/C25H17N2OPS/c26-17-18-10-12-20(13-11-18)24-16-21-15-14-19-6-4-5-9-23(19)25(21)27-29(24)30-28-22-7-2-1-3-8-22/h1-16,27H. The van der Waals surface area contributed by atoms with Crippen LogP contribution in [0.1, 0.15) is 16.7 Å². The van der Waals surface area contributed by atoms with Crippen molar-refractivity contribution in [2.75, 3.05) is 5.09 Å². The zero-order chi connectivity index (χ0) is 20.3. The van der Waals surface area contributed by atoms with Gasteiger partial charge in [-0.3, -0.25) is 0 Å². The van der Waals surface area contributed by atoms with Gasteiger partial charge in [0.2, 0.25) is 0 Å². The molecule has 30 heavy (non-hydrogen) atoms. The maximum atomic E-state index is 9.13. The number of nitrogens with one attached hydrogen (secondary N) is 1. The van der Waals surface area contributed by atoms with Gasteiger partial charge in [-0.15, -0.1) is 0 Å². The summed E-state index contributed by atoms with van der Waals surface area (Å²) in [4.78, 5) is 0. The molecule has 0 radical (unpaired) electrons. The third-order valence-corrected chi connectivity index (χ3v) is 8.15. The Labute approximate surface area is 180 Å². The van der Waals surface area contributed by atoms with Gasteiger partial charge in [-0.1, -0.05) is 66.7 Å². The lowest BCUT2D eigenvalue weighted by Gasteiger charge is -2.28. The zero-order valence-corrected chi connectivity index (χ0v) is 17.7. The lowest BCUT2D eigenvalue weighted by atomic mass is 10.0. The van der Waals surface area contributed by atoms with Crippen molar-refractivity contribution in [3.05, 3.63) is 108 Å². The van der Waals surface area contributed by atoms with Crippen LogP contribution in [0, 0.1) is 11.3 Å². The Bertz CT molecular complexity index is 1280. The molecule has 0 aromatic heterocycles. The average Bonchev–Trinajstić information content (AvgIpc) is 2.83. The van der Waals surface area contributed by atoms with Crippen LogP contribution in [-0.4, -0.2) is 0 Å². The van der Waals surface area contributed by atoms with Gasteiger partial charge in [0.25, 0.3) is 0 Å². The van der Waals surface area contributed by atoms with Gasteiger partial charge in [0, 0.05) is 10.7 Å². The lowest BCUT2D eigenvalue weighted by Crippen LogP contribution is -2.02. The molecule has 1 aliphatic heterocycles. The highest BCUT2D eigenvalue weighted by molar-refractivity contribution is 8.56. The van der Waals surface area contributed by atoms with E-state index in [9.17, 15) is 0 Å². The zero-order valence-electron chi connectivity index (χ0n) is 15.9. The summed E-state index contributed by atoms with van der Waals surface area (Å²) in [6.45, 7) is 0. The molecular formula is C25H17N2OPS. The molecule has 0 bridgehead atoms. The first-order valence-corrected chi connectivity index (χ1v) is 12.2. The Hall–Kier alpha value is -3.25. The van der Waals surface area contributed by atoms with Crippen molar-refractivity contribution < 1.29 is 4.18 Å². The van der Waals surface area contributed by atoms with Gasteiger partial charge in [-0.05, 0) is 46.9 Å². The van der Waals surface area contributed by atoms with Crippen LogP contribution >= 0.6 is 18.9 Å². The Kier molecular flexibility index (Phi) is 5.15. The number of hydrogen-bond acceptors (Lipinski definition) is 4. The van der Waals surface area contributed by atoms with Crippen LogP contribution in [0.5, 0.6) is 5.75 Å². The Morgan fingerprint density at radius 2 is 1.60 bits per heavy atom. The number of hydrogen-bond donors (Lipinski definition) is 1. The smallest absolute Gasteiger partial charge is 0.137 e. The molecule has 5 rings (SSSR count). The summed E-state index contributed by atoms with van der Waals surface area (Å²) in [6, 6.07) is 32.5. The molecule has 0 amide bonds. The van der Waals surface area contributed by atoms with Gasteiger partial charge < -0.3 is 9.27 Å². The van der Waals surface area contributed by atoms with Crippen molar-refractivity contribution in [2.45, 2.75) is 0 Å². The molecule has 1 atom stereocenters. The Morgan fingerprint density at radius 3 is 2.40 bits per heavy atom. The van der Waals surface area contributed by atoms with Crippen LogP contribution in [0.15, 0.2) is 91.0 Å². The minimum Gasteiger partial charge on any atom is -0.419 e. The molecular weight excluding hydrogens is 407 g/mol.